The Hall–Kier alpha value is -1.80. The molecule has 0 aromatic carbocycles. The average Bonchev–Trinajstić information content (AvgIpc) is 2.75. The molecule has 0 fully saturated rings. The van der Waals surface area contributed by atoms with Crippen LogP contribution in [0.25, 0.3) is 11.2 Å². The van der Waals surface area contributed by atoms with E-state index in [-0.39, 0.29) is 24.5 Å². The number of aromatic nitrogens is 4. The fourth-order valence-electron chi connectivity index (χ4n) is 1.58. The first-order valence-corrected chi connectivity index (χ1v) is 5.06. The SMILES string of the molecule is Cl.Cn1c(=O)c2[nH]c(NCCO)nc2n(C)c1=O. The van der Waals surface area contributed by atoms with E-state index < -0.39 is 11.2 Å². The van der Waals surface area contributed by atoms with Crippen LogP contribution >= 0.6 is 12.4 Å². The lowest BCUT2D eigenvalue weighted by Crippen LogP contribution is -2.36. The number of aryl methyl sites for hydroxylation is 1. The molecule has 0 saturated heterocycles. The summed E-state index contributed by atoms with van der Waals surface area (Å²) in [5, 5.41) is 11.5. The molecule has 0 bridgehead atoms. The summed E-state index contributed by atoms with van der Waals surface area (Å²) in [6, 6.07) is 0. The Morgan fingerprint density at radius 3 is 2.61 bits per heavy atom. The number of nitrogens with zero attached hydrogens (tertiary/aromatic N) is 3. The molecule has 0 atom stereocenters. The lowest BCUT2D eigenvalue weighted by atomic mass is 10.5. The summed E-state index contributed by atoms with van der Waals surface area (Å²) in [5.74, 6) is 0.354. The molecule has 2 aromatic rings. The molecule has 0 unspecified atom stereocenters. The van der Waals surface area contributed by atoms with Crippen LogP contribution in [0.2, 0.25) is 0 Å². The van der Waals surface area contributed by atoms with Crippen molar-refractivity contribution in [3.05, 3.63) is 20.8 Å². The van der Waals surface area contributed by atoms with E-state index in [0.717, 1.165) is 4.57 Å². The van der Waals surface area contributed by atoms with Gasteiger partial charge in [-0.25, -0.2) is 4.79 Å². The minimum Gasteiger partial charge on any atom is -0.395 e. The van der Waals surface area contributed by atoms with Gasteiger partial charge in [-0.3, -0.25) is 13.9 Å². The van der Waals surface area contributed by atoms with Gasteiger partial charge in [-0.05, 0) is 0 Å². The first-order valence-electron chi connectivity index (χ1n) is 5.06. The van der Waals surface area contributed by atoms with Gasteiger partial charge < -0.3 is 15.4 Å². The maximum atomic E-state index is 11.8. The summed E-state index contributed by atoms with van der Waals surface area (Å²) in [5.41, 5.74) is -0.302. The molecule has 2 rings (SSSR count). The number of halogens is 1. The Kier molecular flexibility index (Phi) is 4.15. The molecular formula is C9H14ClN5O3. The molecule has 8 nitrogen and oxygen atoms in total. The molecule has 100 valence electrons. The Morgan fingerprint density at radius 2 is 2.00 bits per heavy atom. The van der Waals surface area contributed by atoms with E-state index in [4.69, 9.17) is 5.11 Å². The highest BCUT2D eigenvalue weighted by molar-refractivity contribution is 5.85. The average molecular weight is 276 g/mol. The van der Waals surface area contributed by atoms with Gasteiger partial charge in [-0.2, -0.15) is 4.98 Å². The Balaban J connectivity index is 0.00000162. The monoisotopic (exact) mass is 275 g/mol. The maximum Gasteiger partial charge on any atom is 0.332 e. The zero-order chi connectivity index (χ0) is 12.6. The number of aliphatic hydroxyl groups excluding tert-OH is 1. The van der Waals surface area contributed by atoms with Crippen molar-refractivity contribution in [1.29, 1.82) is 0 Å². The normalized spacial score (nSPS) is 10.4. The third kappa shape index (κ3) is 2.12. The topological polar surface area (TPSA) is 105 Å². The molecule has 3 N–H and O–H groups in total. The van der Waals surface area contributed by atoms with Crippen LogP contribution in [0.5, 0.6) is 0 Å². The lowest BCUT2D eigenvalue weighted by molar-refractivity contribution is 0.311. The summed E-state index contributed by atoms with van der Waals surface area (Å²) in [6.07, 6.45) is 0. The Labute approximate surface area is 108 Å². The standard InChI is InChI=1S/C9H13N5O3.ClH/c1-13-6-5(7(16)14(2)9(13)17)11-8(12-6)10-3-4-15;/h15H,3-4H2,1-2H3,(H2,10,11,12);1H. The van der Waals surface area contributed by atoms with E-state index in [9.17, 15) is 9.59 Å². The third-order valence-corrected chi connectivity index (χ3v) is 2.50. The number of fused-ring (bicyclic) bond motifs is 1. The summed E-state index contributed by atoms with van der Waals surface area (Å²) in [7, 11) is 2.95. The Bertz CT molecular complexity index is 671. The quantitative estimate of drug-likeness (QED) is 0.652. The molecule has 0 amide bonds. The van der Waals surface area contributed by atoms with Crippen LogP contribution in [0.4, 0.5) is 5.95 Å². The molecule has 0 spiro atoms. The van der Waals surface area contributed by atoms with Gasteiger partial charge in [0.2, 0.25) is 5.95 Å². The van der Waals surface area contributed by atoms with Crippen molar-refractivity contribution in [3.8, 4) is 0 Å². The first kappa shape index (κ1) is 14.3. The number of hydrogen-bond acceptors (Lipinski definition) is 5. The van der Waals surface area contributed by atoms with Crippen molar-refractivity contribution in [1.82, 2.24) is 19.1 Å². The molecule has 9 heteroatoms. The van der Waals surface area contributed by atoms with Gasteiger partial charge in [0.15, 0.2) is 11.2 Å². The molecule has 18 heavy (non-hydrogen) atoms. The zero-order valence-electron chi connectivity index (χ0n) is 9.93. The highest BCUT2D eigenvalue weighted by Gasteiger charge is 2.12. The van der Waals surface area contributed by atoms with Gasteiger partial charge in [0.05, 0.1) is 6.61 Å². The number of anilines is 1. The predicted octanol–water partition coefficient (Wildman–Crippen LogP) is -1.21. The minimum atomic E-state index is -0.428. The summed E-state index contributed by atoms with van der Waals surface area (Å²) < 4.78 is 2.30. The second-order valence-electron chi connectivity index (χ2n) is 3.64. The summed E-state index contributed by atoms with van der Waals surface area (Å²) in [4.78, 5) is 30.3. The van der Waals surface area contributed by atoms with Crippen molar-refractivity contribution >= 4 is 29.5 Å². The van der Waals surface area contributed by atoms with Crippen molar-refractivity contribution < 1.29 is 5.11 Å². The fourth-order valence-corrected chi connectivity index (χ4v) is 1.58. The summed E-state index contributed by atoms with van der Waals surface area (Å²) >= 11 is 0. The van der Waals surface area contributed by atoms with E-state index in [1.54, 1.807) is 7.05 Å². The van der Waals surface area contributed by atoms with E-state index in [1.165, 1.54) is 11.6 Å². The lowest BCUT2D eigenvalue weighted by Gasteiger charge is -2.00. The molecule has 2 heterocycles. The van der Waals surface area contributed by atoms with Gasteiger partial charge in [-0.1, -0.05) is 0 Å². The maximum absolute atomic E-state index is 11.8. The number of aromatic amines is 1. The van der Waals surface area contributed by atoms with Crippen LogP contribution in [0.1, 0.15) is 0 Å². The Morgan fingerprint density at radius 1 is 1.33 bits per heavy atom. The largest absolute Gasteiger partial charge is 0.395 e. The molecule has 0 radical (unpaired) electrons. The second-order valence-corrected chi connectivity index (χ2v) is 3.64. The van der Waals surface area contributed by atoms with Crippen molar-refractivity contribution in [2.45, 2.75) is 0 Å². The van der Waals surface area contributed by atoms with Gasteiger partial charge in [0.1, 0.15) is 0 Å². The van der Waals surface area contributed by atoms with E-state index >= 15 is 0 Å². The number of H-pyrrole nitrogens is 1. The van der Waals surface area contributed by atoms with Crippen molar-refractivity contribution in [3.63, 3.8) is 0 Å². The fraction of sp³-hybridized carbons (Fsp3) is 0.444. The van der Waals surface area contributed by atoms with Gasteiger partial charge in [0.25, 0.3) is 5.56 Å². The van der Waals surface area contributed by atoms with E-state index in [0.29, 0.717) is 18.1 Å². The van der Waals surface area contributed by atoms with Crippen LogP contribution in [0.15, 0.2) is 9.59 Å². The molecule has 0 saturated carbocycles. The van der Waals surface area contributed by atoms with Gasteiger partial charge in [0, 0.05) is 20.6 Å². The van der Waals surface area contributed by atoms with Crippen molar-refractivity contribution in [2.75, 3.05) is 18.5 Å². The highest BCUT2D eigenvalue weighted by Crippen LogP contribution is 2.07. The first-order chi connectivity index (χ1) is 8.06. The molecular weight excluding hydrogens is 262 g/mol. The summed E-state index contributed by atoms with van der Waals surface area (Å²) in [6.45, 7) is 0.266. The number of rotatable bonds is 3. The van der Waals surface area contributed by atoms with Gasteiger partial charge in [-0.15, -0.1) is 12.4 Å². The van der Waals surface area contributed by atoms with E-state index in [2.05, 4.69) is 15.3 Å². The van der Waals surface area contributed by atoms with Crippen LogP contribution < -0.4 is 16.6 Å². The number of aliphatic hydroxyl groups is 1. The highest BCUT2D eigenvalue weighted by atomic mass is 35.5. The number of nitrogens with one attached hydrogen (secondary N) is 2. The number of hydrogen-bond donors (Lipinski definition) is 3. The molecule has 2 aromatic heterocycles. The van der Waals surface area contributed by atoms with Crippen LogP contribution in [-0.2, 0) is 14.1 Å². The second kappa shape index (κ2) is 5.23. The van der Waals surface area contributed by atoms with E-state index in [1.807, 2.05) is 0 Å². The molecule has 0 aliphatic carbocycles. The minimum absolute atomic E-state index is 0. The predicted molar refractivity (Wildman–Crippen MR) is 69.4 cm³/mol. The molecule has 0 aliphatic heterocycles. The van der Waals surface area contributed by atoms with Crippen LogP contribution in [-0.4, -0.2) is 37.4 Å². The van der Waals surface area contributed by atoms with Crippen LogP contribution in [0.3, 0.4) is 0 Å². The van der Waals surface area contributed by atoms with Crippen molar-refractivity contribution in [2.24, 2.45) is 14.1 Å². The number of imidazole rings is 1. The molecule has 0 aliphatic rings. The zero-order valence-corrected chi connectivity index (χ0v) is 10.7. The third-order valence-electron chi connectivity index (χ3n) is 2.50. The van der Waals surface area contributed by atoms with Gasteiger partial charge >= 0.3 is 5.69 Å². The smallest absolute Gasteiger partial charge is 0.332 e. The van der Waals surface area contributed by atoms with Crippen LogP contribution in [0, 0.1) is 0 Å².